The van der Waals surface area contributed by atoms with Gasteiger partial charge in [0.2, 0.25) is 10.0 Å². The van der Waals surface area contributed by atoms with Crippen LogP contribution in [0, 0.1) is 11.3 Å². The summed E-state index contributed by atoms with van der Waals surface area (Å²) < 4.78 is 27.2. The Kier molecular flexibility index (Phi) is 3.92. The van der Waals surface area contributed by atoms with E-state index >= 15 is 0 Å². The number of rotatable bonds is 5. The van der Waals surface area contributed by atoms with Crippen LogP contribution in [0.3, 0.4) is 0 Å². The highest BCUT2D eigenvalue weighted by atomic mass is 32.2. The van der Waals surface area contributed by atoms with Gasteiger partial charge in [0.25, 0.3) is 0 Å². The Morgan fingerprint density at radius 2 is 1.91 bits per heavy atom. The zero-order chi connectivity index (χ0) is 15.6. The third-order valence-corrected chi connectivity index (χ3v) is 5.50. The second-order valence-electron chi connectivity index (χ2n) is 5.24. The third-order valence-electron chi connectivity index (χ3n) is 3.59. The van der Waals surface area contributed by atoms with E-state index < -0.39 is 10.0 Å². The van der Waals surface area contributed by atoms with Crippen molar-refractivity contribution in [2.45, 2.75) is 30.3 Å². The van der Waals surface area contributed by atoms with Gasteiger partial charge in [0, 0.05) is 12.2 Å². The van der Waals surface area contributed by atoms with Crippen molar-refractivity contribution < 1.29 is 8.42 Å². The fourth-order valence-corrected chi connectivity index (χ4v) is 3.92. The number of hydrogen-bond acceptors (Lipinski definition) is 4. The van der Waals surface area contributed by atoms with Crippen molar-refractivity contribution >= 4 is 10.0 Å². The van der Waals surface area contributed by atoms with E-state index in [1.807, 2.05) is 18.2 Å². The quantitative estimate of drug-likeness (QED) is 0.849. The molecule has 0 bridgehead atoms. The molecule has 1 aliphatic carbocycles. The molecular weight excluding hydrogens is 298 g/mol. The first-order valence-electron chi connectivity index (χ1n) is 7.03. The van der Waals surface area contributed by atoms with Gasteiger partial charge in [0.15, 0.2) is 0 Å². The lowest BCUT2D eigenvalue weighted by atomic mass is 10.2. The third kappa shape index (κ3) is 3.01. The molecule has 6 heteroatoms. The predicted molar refractivity (Wildman–Crippen MR) is 81.1 cm³/mol. The number of pyridine rings is 1. The van der Waals surface area contributed by atoms with Gasteiger partial charge in [0.05, 0.1) is 28.8 Å². The monoisotopic (exact) mass is 313 g/mol. The molecule has 0 atom stereocenters. The summed E-state index contributed by atoms with van der Waals surface area (Å²) in [5.41, 5.74) is 1.17. The van der Waals surface area contributed by atoms with E-state index in [4.69, 9.17) is 5.26 Å². The number of sulfonamides is 1. The molecule has 1 saturated carbocycles. The van der Waals surface area contributed by atoms with E-state index in [0.717, 1.165) is 18.5 Å². The van der Waals surface area contributed by atoms with Gasteiger partial charge < -0.3 is 0 Å². The Morgan fingerprint density at radius 1 is 1.18 bits per heavy atom. The highest BCUT2D eigenvalue weighted by Crippen LogP contribution is 2.33. The fourth-order valence-electron chi connectivity index (χ4n) is 2.26. The summed E-state index contributed by atoms with van der Waals surface area (Å²) >= 11 is 0. The van der Waals surface area contributed by atoms with Crippen LogP contribution in [0.2, 0.25) is 0 Å². The van der Waals surface area contributed by atoms with Gasteiger partial charge in [-0.25, -0.2) is 8.42 Å². The molecule has 2 aromatic rings. The molecule has 5 nitrogen and oxygen atoms in total. The van der Waals surface area contributed by atoms with Gasteiger partial charge in [-0.3, -0.25) is 4.98 Å². The molecule has 0 amide bonds. The molecule has 22 heavy (non-hydrogen) atoms. The summed E-state index contributed by atoms with van der Waals surface area (Å²) in [4.78, 5) is 4.43. The van der Waals surface area contributed by atoms with Crippen LogP contribution in [0.15, 0.2) is 53.6 Å². The normalized spacial score (nSPS) is 14.7. The van der Waals surface area contributed by atoms with Gasteiger partial charge in [0.1, 0.15) is 0 Å². The van der Waals surface area contributed by atoms with Crippen molar-refractivity contribution in [1.82, 2.24) is 9.29 Å². The molecular formula is C16H15N3O2S. The van der Waals surface area contributed by atoms with Crippen LogP contribution in [-0.4, -0.2) is 23.7 Å². The lowest BCUT2D eigenvalue weighted by molar-refractivity contribution is 0.394. The molecule has 1 aromatic heterocycles. The maximum Gasteiger partial charge on any atom is 0.243 e. The van der Waals surface area contributed by atoms with Crippen molar-refractivity contribution in [3.05, 3.63) is 59.9 Å². The topological polar surface area (TPSA) is 74.1 Å². The van der Waals surface area contributed by atoms with E-state index in [1.54, 1.807) is 12.3 Å². The summed E-state index contributed by atoms with van der Waals surface area (Å²) in [7, 11) is -3.58. The summed E-state index contributed by atoms with van der Waals surface area (Å²) in [6, 6.07) is 13.5. The minimum Gasteiger partial charge on any atom is -0.260 e. The molecule has 3 rings (SSSR count). The Hall–Kier alpha value is -2.23. The average Bonchev–Trinajstić information content (AvgIpc) is 3.38. The van der Waals surface area contributed by atoms with E-state index in [0.29, 0.717) is 5.56 Å². The molecule has 0 saturated heterocycles. The van der Waals surface area contributed by atoms with Crippen LogP contribution in [0.4, 0.5) is 0 Å². The zero-order valence-corrected chi connectivity index (χ0v) is 12.7. The Bertz CT molecular complexity index is 792. The van der Waals surface area contributed by atoms with Crippen LogP contribution < -0.4 is 0 Å². The Labute approximate surface area is 129 Å². The maximum absolute atomic E-state index is 12.8. The molecule has 0 unspecified atom stereocenters. The second kappa shape index (κ2) is 5.87. The van der Waals surface area contributed by atoms with Crippen LogP contribution in [0.5, 0.6) is 0 Å². The van der Waals surface area contributed by atoms with E-state index in [9.17, 15) is 8.42 Å². The fraction of sp³-hybridized carbons (Fsp3) is 0.250. The van der Waals surface area contributed by atoms with Crippen LogP contribution >= 0.6 is 0 Å². The van der Waals surface area contributed by atoms with Gasteiger partial charge in [-0.2, -0.15) is 9.57 Å². The van der Waals surface area contributed by atoms with E-state index in [2.05, 4.69) is 4.98 Å². The maximum atomic E-state index is 12.8. The van der Waals surface area contributed by atoms with Crippen molar-refractivity contribution in [3.8, 4) is 6.07 Å². The summed E-state index contributed by atoms with van der Waals surface area (Å²) in [5, 5.41) is 8.82. The highest BCUT2D eigenvalue weighted by Gasteiger charge is 2.38. The number of nitriles is 1. The molecule has 1 aliphatic rings. The standard InChI is InChI=1S/C16H15N3O2S/c17-11-13-4-8-16(9-5-13)22(20,21)19(15-6-7-15)12-14-3-1-2-10-18-14/h1-5,8-10,15H,6-7,12H2. The molecule has 112 valence electrons. The molecule has 1 aromatic carbocycles. The molecule has 0 spiro atoms. The Morgan fingerprint density at radius 3 is 2.45 bits per heavy atom. The van der Waals surface area contributed by atoms with Crippen molar-refractivity contribution in [2.75, 3.05) is 0 Å². The molecule has 1 fully saturated rings. The number of nitrogens with zero attached hydrogens (tertiary/aromatic N) is 3. The second-order valence-corrected chi connectivity index (χ2v) is 7.13. The molecule has 1 heterocycles. The van der Waals surface area contributed by atoms with Gasteiger partial charge in [-0.05, 0) is 49.2 Å². The minimum atomic E-state index is -3.58. The summed E-state index contributed by atoms with van der Waals surface area (Å²) in [6.45, 7) is 0.272. The predicted octanol–water partition coefficient (Wildman–Crippen LogP) is 2.31. The first-order valence-corrected chi connectivity index (χ1v) is 8.47. The van der Waals surface area contributed by atoms with Gasteiger partial charge >= 0.3 is 0 Å². The van der Waals surface area contributed by atoms with Crippen LogP contribution in [0.1, 0.15) is 24.1 Å². The molecule has 0 aliphatic heterocycles. The highest BCUT2D eigenvalue weighted by molar-refractivity contribution is 7.89. The lowest BCUT2D eigenvalue weighted by Crippen LogP contribution is -2.33. The molecule has 0 N–H and O–H groups in total. The van der Waals surface area contributed by atoms with E-state index in [1.165, 1.54) is 28.6 Å². The minimum absolute atomic E-state index is 0.0441. The smallest absolute Gasteiger partial charge is 0.243 e. The first kappa shape index (κ1) is 14.7. The van der Waals surface area contributed by atoms with Crippen LogP contribution in [0.25, 0.3) is 0 Å². The number of benzene rings is 1. The SMILES string of the molecule is N#Cc1ccc(S(=O)(=O)N(Cc2ccccn2)C2CC2)cc1. The molecule has 0 radical (unpaired) electrons. The van der Waals surface area contributed by atoms with Gasteiger partial charge in [-0.1, -0.05) is 6.07 Å². The number of hydrogen-bond donors (Lipinski definition) is 0. The van der Waals surface area contributed by atoms with Crippen molar-refractivity contribution in [1.29, 1.82) is 5.26 Å². The lowest BCUT2D eigenvalue weighted by Gasteiger charge is -2.21. The van der Waals surface area contributed by atoms with Crippen molar-refractivity contribution in [2.24, 2.45) is 0 Å². The van der Waals surface area contributed by atoms with Crippen LogP contribution in [-0.2, 0) is 16.6 Å². The Balaban J connectivity index is 1.91. The van der Waals surface area contributed by atoms with Gasteiger partial charge in [-0.15, -0.1) is 0 Å². The largest absolute Gasteiger partial charge is 0.260 e. The van der Waals surface area contributed by atoms with E-state index in [-0.39, 0.29) is 17.5 Å². The number of aromatic nitrogens is 1. The van der Waals surface area contributed by atoms with Crippen molar-refractivity contribution in [3.63, 3.8) is 0 Å². The first-order chi connectivity index (χ1) is 10.6. The average molecular weight is 313 g/mol. The summed E-state index contributed by atoms with van der Waals surface area (Å²) in [6.07, 6.45) is 3.42. The summed E-state index contributed by atoms with van der Waals surface area (Å²) in [5.74, 6) is 0. The zero-order valence-electron chi connectivity index (χ0n) is 11.9.